The summed E-state index contributed by atoms with van der Waals surface area (Å²) in [5.41, 5.74) is 1.33. The van der Waals surface area contributed by atoms with Crippen LogP contribution in [0.15, 0.2) is 48.5 Å². The van der Waals surface area contributed by atoms with Crippen molar-refractivity contribution in [2.75, 3.05) is 6.61 Å². The molecular weight excluding hydrogens is 347 g/mol. The van der Waals surface area contributed by atoms with Gasteiger partial charge < -0.3 is 10.1 Å². The molecule has 2 aromatic carbocycles. The molecule has 0 unspecified atom stereocenters. The fourth-order valence-corrected chi connectivity index (χ4v) is 2.95. The first-order valence-corrected chi connectivity index (χ1v) is 8.06. The highest BCUT2D eigenvalue weighted by Crippen LogP contribution is 2.31. The summed E-state index contributed by atoms with van der Waals surface area (Å²) in [6.07, 6.45) is -2.83. The van der Waals surface area contributed by atoms with Crippen molar-refractivity contribution in [2.24, 2.45) is 0 Å². The Kier molecular flexibility index (Phi) is 4.97. The Morgan fingerprint density at radius 3 is 2.46 bits per heavy atom. The van der Waals surface area contributed by atoms with Crippen molar-refractivity contribution >= 4 is 11.9 Å². The molecule has 0 spiro atoms. The van der Waals surface area contributed by atoms with Crippen LogP contribution in [-0.4, -0.2) is 18.5 Å². The Hall–Kier alpha value is -2.83. The molecule has 7 heteroatoms. The van der Waals surface area contributed by atoms with Crippen molar-refractivity contribution in [3.05, 3.63) is 70.8 Å². The fourth-order valence-electron chi connectivity index (χ4n) is 2.95. The van der Waals surface area contributed by atoms with Gasteiger partial charge in [-0.15, -0.1) is 0 Å². The maximum Gasteiger partial charge on any atom is 0.416 e. The van der Waals surface area contributed by atoms with Gasteiger partial charge in [0.25, 0.3) is 5.91 Å². The lowest BCUT2D eigenvalue weighted by molar-refractivity contribution is -0.137. The van der Waals surface area contributed by atoms with Crippen LogP contribution < -0.4 is 5.32 Å². The number of ether oxygens (including phenoxy) is 1. The van der Waals surface area contributed by atoms with E-state index in [4.69, 9.17) is 4.74 Å². The van der Waals surface area contributed by atoms with Gasteiger partial charge in [-0.1, -0.05) is 24.3 Å². The number of alkyl halides is 3. The first kappa shape index (κ1) is 18.0. The summed E-state index contributed by atoms with van der Waals surface area (Å²) in [4.78, 5) is 23.9. The van der Waals surface area contributed by atoms with E-state index in [0.717, 1.165) is 42.7 Å². The molecule has 1 amide bonds. The van der Waals surface area contributed by atoms with Gasteiger partial charge in [0, 0.05) is 0 Å². The first-order chi connectivity index (χ1) is 12.3. The topological polar surface area (TPSA) is 55.4 Å². The zero-order chi connectivity index (χ0) is 18.7. The highest BCUT2D eigenvalue weighted by molar-refractivity contribution is 5.91. The van der Waals surface area contributed by atoms with E-state index in [0.29, 0.717) is 0 Å². The van der Waals surface area contributed by atoms with Gasteiger partial charge in [-0.05, 0) is 48.2 Å². The summed E-state index contributed by atoms with van der Waals surface area (Å²) in [7, 11) is 0. The Labute approximate surface area is 148 Å². The number of esters is 1. The highest BCUT2D eigenvalue weighted by Gasteiger charge is 2.30. The zero-order valence-corrected chi connectivity index (χ0v) is 13.7. The van der Waals surface area contributed by atoms with E-state index >= 15 is 0 Å². The fraction of sp³-hybridized carbons (Fsp3) is 0.263. The van der Waals surface area contributed by atoms with Crippen LogP contribution in [0.25, 0.3) is 0 Å². The summed E-state index contributed by atoms with van der Waals surface area (Å²) in [5.74, 6) is -1.30. The molecule has 0 saturated carbocycles. The molecule has 136 valence electrons. The quantitative estimate of drug-likeness (QED) is 0.844. The number of halogens is 3. The smallest absolute Gasteiger partial charge is 0.416 e. The third kappa shape index (κ3) is 4.04. The summed E-state index contributed by atoms with van der Waals surface area (Å²) in [6.45, 7) is -0.488. The van der Waals surface area contributed by atoms with Crippen molar-refractivity contribution in [2.45, 2.75) is 25.1 Å². The van der Waals surface area contributed by atoms with Gasteiger partial charge in [-0.25, -0.2) is 4.79 Å². The van der Waals surface area contributed by atoms with Crippen LogP contribution in [-0.2, 0) is 22.1 Å². The van der Waals surface area contributed by atoms with Crippen molar-refractivity contribution in [3.8, 4) is 0 Å². The second kappa shape index (κ2) is 7.19. The van der Waals surface area contributed by atoms with E-state index in [2.05, 4.69) is 5.32 Å². The van der Waals surface area contributed by atoms with Crippen LogP contribution in [0.1, 0.15) is 39.5 Å². The number of benzene rings is 2. The lowest BCUT2D eigenvalue weighted by atomic mass is 10.1. The SMILES string of the molecule is O=C(COC(=O)c1ccc(C(F)(F)F)cc1)N[C@H]1CCc2ccccc21. The van der Waals surface area contributed by atoms with E-state index in [1.807, 2.05) is 24.3 Å². The van der Waals surface area contributed by atoms with Crippen LogP contribution in [0.4, 0.5) is 13.2 Å². The molecule has 0 aromatic heterocycles. The second-order valence-corrected chi connectivity index (χ2v) is 6.01. The third-order valence-electron chi connectivity index (χ3n) is 4.25. The normalized spacial score (nSPS) is 16.0. The van der Waals surface area contributed by atoms with Crippen molar-refractivity contribution in [1.29, 1.82) is 0 Å². The van der Waals surface area contributed by atoms with E-state index in [9.17, 15) is 22.8 Å². The molecule has 0 fully saturated rings. The van der Waals surface area contributed by atoms with Gasteiger partial charge in [0.2, 0.25) is 0 Å². The van der Waals surface area contributed by atoms with Crippen LogP contribution in [0, 0.1) is 0 Å². The predicted molar refractivity (Wildman–Crippen MR) is 87.4 cm³/mol. The minimum atomic E-state index is -4.47. The average Bonchev–Trinajstić information content (AvgIpc) is 3.02. The summed E-state index contributed by atoms with van der Waals surface area (Å²) in [6, 6.07) is 11.3. The molecule has 26 heavy (non-hydrogen) atoms. The van der Waals surface area contributed by atoms with Crippen LogP contribution >= 0.6 is 0 Å². The summed E-state index contributed by atoms with van der Waals surface area (Å²) >= 11 is 0. The Balaban J connectivity index is 1.52. The Bertz CT molecular complexity index is 816. The zero-order valence-electron chi connectivity index (χ0n) is 13.7. The lowest BCUT2D eigenvalue weighted by Gasteiger charge is -2.14. The largest absolute Gasteiger partial charge is 0.452 e. The maximum absolute atomic E-state index is 12.5. The van der Waals surface area contributed by atoms with Crippen LogP contribution in [0.3, 0.4) is 0 Å². The number of rotatable bonds is 4. The van der Waals surface area contributed by atoms with Gasteiger partial charge in [-0.2, -0.15) is 13.2 Å². The van der Waals surface area contributed by atoms with E-state index in [-0.39, 0.29) is 11.6 Å². The number of carbonyl (C=O) groups is 2. The number of amides is 1. The minimum Gasteiger partial charge on any atom is -0.452 e. The van der Waals surface area contributed by atoms with Crippen molar-refractivity contribution < 1.29 is 27.5 Å². The predicted octanol–water partition coefficient (Wildman–Crippen LogP) is 3.67. The van der Waals surface area contributed by atoms with Gasteiger partial charge in [0.05, 0.1) is 17.2 Å². The molecular formula is C19H16F3NO3. The monoisotopic (exact) mass is 363 g/mol. The number of aryl methyl sites for hydroxylation is 1. The second-order valence-electron chi connectivity index (χ2n) is 6.01. The number of nitrogens with one attached hydrogen (secondary N) is 1. The standard InChI is InChI=1S/C19H16F3NO3/c20-19(21,22)14-8-5-13(6-9-14)18(25)26-11-17(24)23-16-10-7-12-3-1-2-4-15(12)16/h1-6,8-9,16H,7,10-11H2,(H,23,24)/t16-/m0/s1. The molecule has 1 aliphatic carbocycles. The minimum absolute atomic E-state index is 0.0444. The third-order valence-corrected chi connectivity index (χ3v) is 4.25. The molecule has 3 rings (SSSR count). The van der Waals surface area contributed by atoms with Crippen molar-refractivity contribution in [3.63, 3.8) is 0 Å². The average molecular weight is 363 g/mol. The summed E-state index contributed by atoms with van der Waals surface area (Å²) < 4.78 is 42.4. The number of fused-ring (bicyclic) bond motifs is 1. The maximum atomic E-state index is 12.5. The number of carbonyl (C=O) groups excluding carboxylic acids is 2. The molecule has 0 saturated heterocycles. The molecule has 0 bridgehead atoms. The molecule has 0 aliphatic heterocycles. The number of hydrogen-bond donors (Lipinski definition) is 1. The molecule has 1 atom stereocenters. The molecule has 0 radical (unpaired) electrons. The Morgan fingerprint density at radius 1 is 1.08 bits per heavy atom. The van der Waals surface area contributed by atoms with Gasteiger partial charge >= 0.3 is 12.1 Å². The van der Waals surface area contributed by atoms with Gasteiger partial charge in [-0.3, -0.25) is 4.79 Å². The Morgan fingerprint density at radius 2 is 1.77 bits per heavy atom. The van der Waals surface area contributed by atoms with E-state index < -0.39 is 30.2 Å². The van der Waals surface area contributed by atoms with Crippen LogP contribution in [0.5, 0.6) is 0 Å². The molecule has 4 nitrogen and oxygen atoms in total. The van der Waals surface area contributed by atoms with Crippen LogP contribution in [0.2, 0.25) is 0 Å². The van der Waals surface area contributed by atoms with Gasteiger partial charge in [0.15, 0.2) is 6.61 Å². The lowest BCUT2D eigenvalue weighted by Crippen LogP contribution is -2.31. The molecule has 2 aromatic rings. The molecule has 0 heterocycles. The van der Waals surface area contributed by atoms with Crippen molar-refractivity contribution in [1.82, 2.24) is 5.32 Å². The first-order valence-electron chi connectivity index (χ1n) is 8.06. The van der Waals surface area contributed by atoms with E-state index in [1.165, 1.54) is 5.56 Å². The number of hydrogen-bond acceptors (Lipinski definition) is 3. The highest BCUT2D eigenvalue weighted by atomic mass is 19.4. The van der Waals surface area contributed by atoms with E-state index in [1.54, 1.807) is 0 Å². The molecule has 1 N–H and O–H groups in total. The van der Waals surface area contributed by atoms with Gasteiger partial charge in [0.1, 0.15) is 0 Å². The summed E-state index contributed by atoms with van der Waals surface area (Å²) in [5, 5.41) is 2.81. The molecule has 1 aliphatic rings.